The first-order valence-electron chi connectivity index (χ1n) is 7.65. The molecule has 0 aliphatic carbocycles. The second-order valence-electron chi connectivity index (χ2n) is 5.48. The van der Waals surface area contributed by atoms with Gasteiger partial charge in [0.15, 0.2) is 6.61 Å². The Bertz CT molecular complexity index is 722. The average Bonchev–Trinajstić information content (AvgIpc) is 2.62. The summed E-state index contributed by atoms with van der Waals surface area (Å²) in [6.07, 6.45) is -2.11. The number of aromatic nitrogens is 1. The monoisotopic (exact) mass is 371 g/mol. The van der Waals surface area contributed by atoms with Gasteiger partial charge in [-0.3, -0.25) is 4.79 Å². The van der Waals surface area contributed by atoms with Crippen molar-refractivity contribution in [2.75, 3.05) is 18.9 Å². The lowest BCUT2D eigenvalue weighted by Gasteiger charge is -2.15. The van der Waals surface area contributed by atoms with Crippen LogP contribution in [0.3, 0.4) is 0 Å². The number of ether oxygens (including phenoxy) is 1. The molecule has 0 unspecified atom stereocenters. The van der Waals surface area contributed by atoms with Gasteiger partial charge in [-0.2, -0.15) is 8.78 Å². The topological polar surface area (TPSA) is 77.2 Å². The van der Waals surface area contributed by atoms with E-state index in [9.17, 15) is 22.4 Å². The number of halogens is 4. The van der Waals surface area contributed by atoms with Crippen molar-refractivity contribution in [1.82, 2.24) is 10.3 Å². The molecule has 0 saturated heterocycles. The van der Waals surface area contributed by atoms with Crippen molar-refractivity contribution in [2.45, 2.75) is 18.8 Å². The molecular weight excluding hydrogens is 354 g/mol. The van der Waals surface area contributed by atoms with Crippen LogP contribution in [0.25, 0.3) is 0 Å². The maximum Gasteiger partial charge on any atom is 0.340 e. The van der Waals surface area contributed by atoms with Gasteiger partial charge >= 0.3 is 12.3 Å². The van der Waals surface area contributed by atoms with Crippen LogP contribution in [0, 0.1) is 0 Å². The summed E-state index contributed by atoms with van der Waals surface area (Å²) in [5.74, 6) is -4.94. The fraction of sp³-hybridized carbons (Fsp3) is 0.294. The fourth-order valence-corrected chi connectivity index (χ4v) is 1.94. The number of amides is 1. The molecule has 0 atom stereocenters. The van der Waals surface area contributed by atoms with Crippen molar-refractivity contribution < 1.29 is 27.1 Å². The Hall–Kier alpha value is -2.84. The Morgan fingerprint density at radius 3 is 2.46 bits per heavy atom. The first-order valence-corrected chi connectivity index (χ1v) is 7.65. The molecule has 0 aliphatic heterocycles. The summed E-state index contributed by atoms with van der Waals surface area (Å²) in [4.78, 5) is 15.6. The van der Waals surface area contributed by atoms with Crippen molar-refractivity contribution in [3.05, 3.63) is 53.7 Å². The molecule has 0 radical (unpaired) electrons. The van der Waals surface area contributed by atoms with Gasteiger partial charge in [-0.1, -0.05) is 12.1 Å². The van der Waals surface area contributed by atoms with Gasteiger partial charge in [0.1, 0.15) is 0 Å². The van der Waals surface area contributed by atoms with E-state index < -0.39 is 24.9 Å². The molecule has 5 nitrogen and oxygen atoms in total. The molecule has 0 spiro atoms. The smallest absolute Gasteiger partial charge is 0.340 e. The highest BCUT2D eigenvalue weighted by molar-refractivity contribution is 5.93. The molecule has 0 bridgehead atoms. The number of nitrogens with two attached hydrogens (primary N) is 1. The van der Waals surface area contributed by atoms with Crippen molar-refractivity contribution in [2.24, 2.45) is 0 Å². The van der Waals surface area contributed by atoms with Gasteiger partial charge in [0.25, 0.3) is 5.91 Å². The van der Waals surface area contributed by atoms with Crippen molar-refractivity contribution in [3.8, 4) is 5.88 Å². The van der Waals surface area contributed by atoms with Crippen LogP contribution in [0.15, 0.2) is 42.6 Å². The highest BCUT2D eigenvalue weighted by atomic mass is 19.3. The number of nitrogens with one attached hydrogen (secondary N) is 1. The normalized spacial score (nSPS) is 11.4. The first-order chi connectivity index (χ1) is 12.3. The van der Waals surface area contributed by atoms with E-state index in [1.807, 2.05) is 12.1 Å². The van der Waals surface area contributed by atoms with E-state index in [0.29, 0.717) is 18.7 Å². The maximum absolute atomic E-state index is 12.8. The lowest BCUT2D eigenvalue weighted by molar-refractivity contribution is -0.148. The van der Waals surface area contributed by atoms with Gasteiger partial charge in [0.05, 0.1) is 5.56 Å². The van der Waals surface area contributed by atoms with Crippen molar-refractivity contribution in [3.63, 3.8) is 0 Å². The number of rotatable bonds is 8. The molecule has 0 fully saturated rings. The SMILES string of the molecule is Nc1ccc(CCNC(=O)c2ccc(OCC(F)(F)C(F)F)nc2)cc1. The van der Waals surface area contributed by atoms with Crippen LogP contribution in [-0.2, 0) is 6.42 Å². The summed E-state index contributed by atoms with van der Waals surface area (Å²) < 4.78 is 54.1. The summed E-state index contributed by atoms with van der Waals surface area (Å²) in [5.41, 5.74) is 7.43. The number of alkyl halides is 4. The molecule has 0 aliphatic rings. The van der Waals surface area contributed by atoms with Crippen LogP contribution in [0.2, 0.25) is 0 Å². The number of hydrogen-bond donors (Lipinski definition) is 2. The van der Waals surface area contributed by atoms with E-state index >= 15 is 0 Å². The number of benzene rings is 1. The van der Waals surface area contributed by atoms with Crippen molar-refractivity contribution >= 4 is 11.6 Å². The molecule has 2 aromatic rings. The minimum atomic E-state index is -4.26. The number of pyridine rings is 1. The highest BCUT2D eigenvalue weighted by Gasteiger charge is 2.41. The highest BCUT2D eigenvalue weighted by Crippen LogP contribution is 2.23. The quantitative estimate of drug-likeness (QED) is 0.553. The Balaban J connectivity index is 1.81. The van der Waals surface area contributed by atoms with Gasteiger partial charge in [0, 0.05) is 24.5 Å². The largest absolute Gasteiger partial charge is 0.471 e. The van der Waals surface area contributed by atoms with E-state index in [2.05, 4.69) is 15.0 Å². The van der Waals surface area contributed by atoms with Gasteiger partial charge in [-0.15, -0.1) is 0 Å². The lowest BCUT2D eigenvalue weighted by atomic mass is 10.1. The number of nitrogen functional groups attached to an aromatic ring is 1. The zero-order valence-corrected chi connectivity index (χ0v) is 13.6. The average molecular weight is 371 g/mol. The number of nitrogens with zero attached hydrogens (tertiary/aromatic N) is 1. The molecule has 26 heavy (non-hydrogen) atoms. The molecule has 1 aromatic heterocycles. The molecule has 1 heterocycles. The number of carbonyl (C=O) groups excluding carboxylic acids is 1. The van der Waals surface area contributed by atoms with Gasteiger partial charge in [-0.25, -0.2) is 13.8 Å². The molecule has 140 valence electrons. The minimum absolute atomic E-state index is 0.190. The second-order valence-corrected chi connectivity index (χ2v) is 5.48. The predicted molar refractivity (Wildman–Crippen MR) is 87.6 cm³/mol. The van der Waals surface area contributed by atoms with E-state index in [1.165, 1.54) is 6.07 Å². The molecule has 9 heteroatoms. The molecule has 0 saturated carbocycles. The number of hydrogen-bond acceptors (Lipinski definition) is 4. The first kappa shape index (κ1) is 19.5. The molecule has 1 amide bonds. The lowest BCUT2D eigenvalue weighted by Crippen LogP contribution is -2.33. The standard InChI is InChI=1S/C17H17F4N3O2/c18-16(19)17(20,21)10-26-14-6-3-12(9-24-14)15(25)23-8-7-11-1-4-13(22)5-2-11/h1-6,9,16H,7-8,10,22H2,(H,23,25). The number of carbonyl (C=O) groups is 1. The Morgan fingerprint density at radius 1 is 1.19 bits per heavy atom. The molecule has 3 N–H and O–H groups in total. The van der Waals surface area contributed by atoms with Crippen LogP contribution >= 0.6 is 0 Å². The van der Waals surface area contributed by atoms with Gasteiger partial charge in [0.2, 0.25) is 5.88 Å². The third kappa shape index (κ3) is 5.61. The van der Waals surface area contributed by atoms with E-state index in [-0.39, 0.29) is 11.4 Å². The van der Waals surface area contributed by atoms with Gasteiger partial charge < -0.3 is 15.8 Å². The van der Waals surface area contributed by atoms with Crippen LogP contribution in [-0.4, -0.2) is 36.4 Å². The van der Waals surface area contributed by atoms with E-state index in [0.717, 1.165) is 17.8 Å². The zero-order valence-electron chi connectivity index (χ0n) is 13.6. The van der Waals surface area contributed by atoms with Crippen LogP contribution in [0.4, 0.5) is 23.2 Å². The summed E-state index contributed by atoms with van der Waals surface area (Å²) in [5, 5.41) is 2.68. The summed E-state index contributed by atoms with van der Waals surface area (Å²) in [6.45, 7) is -1.12. The van der Waals surface area contributed by atoms with Crippen molar-refractivity contribution in [1.29, 1.82) is 0 Å². The fourth-order valence-electron chi connectivity index (χ4n) is 1.94. The molecule has 2 rings (SSSR count). The Kier molecular flexibility index (Phi) is 6.37. The van der Waals surface area contributed by atoms with E-state index in [4.69, 9.17) is 5.73 Å². The van der Waals surface area contributed by atoms with Crippen LogP contribution in [0.5, 0.6) is 5.88 Å². The maximum atomic E-state index is 12.8. The third-order valence-electron chi connectivity index (χ3n) is 3.41. The van der Waals surface area contributed by atoms with Crippen LogP contribution < -0.4 is 15.8 Å². The third-order valence-corrected chi connectivity index (χ3v) is 3.41. The minimum Gasteiger partial charge on any atom is -0.471 e. The zero-order chi connectivity index (χ0) is 19.2. The summed E-state index contributed by atoms with van der Waals surface area (Å²) in [6, 6.07) is 9.70. The Labute approximate surface area is 147 Å². The van der Waals surface area contributed by atoms with Crippen LogP contribution in [0.1, 0.15) is 15.9 Å². The second kappa shape index (κ2) is 8.50. The number of anilines is 1. The Morgan fingerprint density at radius 2 is 1.88 bits per heavy atom. The summed E-state index contributed by atoms with van der Waals surface area (Å²) >= 11 is 0. The predicted octanol–water partition coefficient (Wildman–Crippen LogP) is 2.92. The van der Waals surface area contributed by atoms with E-state index in [1.54, 1.807) is 12.1 Å². The van der Waals surface area contributed by atoms with Gasteiger partial charge in [-0.05, 0) is 30.2 Å². The molecule has 1 aromatic carbocycles. The summed E-state index contributed by atoms with van der Waals surface area (Å²) in [7, 11) is 0. The molecular formula is C17H17F4N3O2.